The van der Waals surface area contributed by atoms with Gasteiger partial charge in [-0.1, -0.05) is 115 Å². The molecule has 1 fully saturated rings. The molecule has 0 radical (unpaired) electrons. The number of carbonyl (C=O) groups excluding carboxylic acids is 3. The van der Waals surface area contributed by atoms with E-state index < -0.39 is 29.3 Å². The van der Waals surface area contributed by atoms with Crippen molar-refractivity contribution in [1.82, 2.24) is 10.6 Å². The van der Waals surface area contributed by atoms with Crippen LogP contribution < -0.4 is 10.6 Å². The molecule has 2 unspecified atom stereocenters. The first-order chi connectivity index (χ1) is 22.0. The third-order valence-corrected chi connectivity index (χ3v) is 8.38. The second-order valence-corrected chi connectivity index (χ2v) is 13.8. The Morgan fingerprint density at radius 1 is 0.870 bits per heavy atom. The van der Waals surface area contributed by atoms with Gasteiger partial charge in [-0.05, 0) is 51.5 Å². The molecule has 1 saturated heterocycles. The van der Waals surface area contributed by atoms with E-state index in [0.29, 0.717) is 13.0 Å². The largest absolute Gasteiger partial charge is 0.463 e. The average Bonchev–Trinajstić information content (AvgIpc) is 3.02. The molecule has 2 rings (SSSR count). The molecular formula is C38H62N2O6. The zero-order chi connectivity index (χ0) is 33.7. The minimum atomic E-state index is -0.850. The third-order valence-electron chi connectivity index (χ3n) is 8.38. The summed E-state index contributed by atoms with van der Waals surface area (Å²) >= 11 is 0. The highest BCUT2D eigenvalue weighted by molar-refractivity contribution is 5.82. The van der Waals surface area contributed by atoms with E-state index in [-0.39, 0.29) is 31.4 Å². The first-order valence-electron chi connectivity index (χ1n) is 17.8. The van der Waals surface area contributed by atoms with E-state index in [0.717, 1.165) is 31.2 Å². The minimum Gasteiger partial charge on any atom is -0.463 e. The van der Waals surface area contributed by atoms with Crippen LogP contribution in [0, 0.1) is 5.41 Å². The van der Waals surface area contributed by atoms with Crippen LogP contribution in [0.15, 0.2) is 42.5 Å². The van der Waals surface area contributed by atoms with Crippen LogP contribution >= 0.6 is 0 Å². The molecular weight excluding hydrogens is 580 g/mol. The van der Waals surface area contributed by atoms with Crippen LogP contribution in [0.3, 0.4) is 0 Å². The summed E-state index contributed by atoms with van der Waals surface area (Å²) in [5, 5.41) is 5.85. The Bertz CT molecular complexity index is 1040. The predicted molar refractivity (Wildman–Crippen MR) is 184 cm³/mol. The summed E-state index contributed by atoms with van der Waals surface area (Å²) in [4.78, 5) is 38.1. The third kappa shape index (κ3) is 16.7. The Morgan fingerprint density at radius 3 is 2.13 bits per heavy atom. The molecule has 1 aromatic rings. The summed E-state index contributed by atoms with van der Waals surface area (Å²) in [7, 11) is 0. The molecule has 2 amide bonds. The molecule has 1 heterocycles. The molecule has 8 nitrogen and oxygen atoms in total. The SMILES string of the molecule is CCCCCCCC/C=C\CCCCCCCC(=O)NC(COC(=O)CCNC(=O)C1OC(C)(C)OCC1(C)C)c1ccccc1. The van der Waals surface area contributed by atoms with Crippen molar-refractivity contribution >= 4 is 17.8 Å². The number of hydrogen-bond donors (Lipinski definition) is 2. The van der Waals surface area contributed by atoms with Gasteiger partial charge in [0.25, 0.3) is 0 Å². The van der Waals surface area contributed by atoms with Crippen molar-refractivity contribution in [2.75, 3.05) is 19.8 Å². The lowest BCUT2D eigenvalue weighted by Gasteiger charge is -2.44. The maximum absolute atomic E-state index is 12.8. The van der Waals surface area contributed by atoms with Crippen molar-refractivity contribution in [3.63, 3.8) is 0 Å². The molecule has 8 heteroatoms. The smallest absolute Gasteiger partial charge is 0.307 e. The maximum Gasteiger partial charge on any atom is 0.307 e. The van der Waals surface area contributed by atoms with Gasteiger partial charge in [-0.2, -0.15) is 0 Å². The predicted octanol–water partition coefficient (Wildman–Crippen LogP) is 8.11. The fourth-order valence-electron chi connectivity index (χ4n) is 5.48. The monoisotopic (exact) mass is 642 g/mol. The second kappa shape index (κ2) is 22.0. The number of allylic oxidation sites excluding steroid dienone is 2. The summed E-state index contributed by atoms with van der Waals surface area (Å²) < 4.78 is 17.1. The summed E-state index contributed by atoms with van der Waals surface area (Å²) in [5.74, 6) is -1.62. The standard InChI is InChI=1S/C38H62N2O6/c1-6-7-8-9-10-11-12-13-14-15-16-17-18-19-23-26-33(41)40-32(31-24-21-20-22-25-31)29-44-34(42)27-28-39-36(43)35-37(2,3)30-45-38(4,5)46-35/h13-14,20-22,24-25,32,35H,6-12,15-19,23,26-30H2,1-5H3,(H,39,43)(H,40,41)/b14-13-. The Hall–Kier alpha value is -2.71. The van der Waals surface area contributed by atoms with Crippen molar-refractivity contribution in [1.29, 1.82) is 0 Å². The van der Waals surface area contributed by atoms with Crippen LogP contribution in [0.2, 0.25) is 0 Å². The number of rotatable bonds is 23. The van der Waals surface area contributed by atoms with Gasteiger partial charge in [0.05, 0.1) is 19.1 Å². The van der Waals surface area contributed by atoms with Gasteiger partial charge in [0, 0.05) is 18.4 Å². The lowest BCUT2D eigenvalue weighted by Crippen LogP contribution is -2.56. The molecule has 1 aromatic carbocycles. The van der Waals surface area contributed by atoms with E-state index in [1.165, 1.54) is 57.8 Å². The Labute approximate surface area is 278 Å². The number of ether oxygens (including phenoxy) is 3. The lowest BCUT2D eigenvalue weighted by molar-refractivity contribution is -0.304. The fourth-order valence-corrected chi connectivity index (χ4v) is 5.48. The van der Waals surface area contributed by atoms with Crippen molar-refractivity contribution in [3.8, 4) is 0 Å². The van der Waals surface area contributed by atoms with Gasteiger partial charge in [-0.3, -0.25) is 14.4 Å². The molecule has 2 atom stereocenters. The number of esters is 1. The molecule has 260 valence electrons. The van der Waals surface area contributed by atoms with Crippen LogP contribution in [-0.2, 0) is 28.6 Å². The van der Waals surface area contributed by atoms with E-state index in [1.54, 1.807) is 13.8 Å². The van der Waals surface area contributed by atoms with Crippen LogP contribution in [0.25, 0.3) is 0 Å². The van der Waals surface area contributed by atoms with Gasteiger partial charge in [0.2, 0.25) is 11.8 Å². The molecule has 2 N–H and O–H groups in total. The van der Waals surface area contributed by atoms with Gasteiger partial charge in [0.1, 0.15) is 12.7 Å². The average molecular weight is 643 g/mol. The van der Waals surface area contributed by atoms with Crippen molar-refractivity contribution in [2.45, 2.75) is 149 Å². The van der Waals surface area contributed by atoms with Gasteiger partial charge >= 0.3 is 5.97 Å². The number of benzene rings is 1. The highest BCUT2D eigenvalue weighted by Gasteiger charge is 2.45. The van der Waals surface area contributed by atoms with Crippen molar-refractivity contribution in [3.05, 3.63) is 48.0 Å². The molecule has 0 saturated carbocycles. The zero-order valence-corrected chi connectivity index (χ0v) is 29.4. The Kier molecular flexibility index (Phi) is 18.8. The summed E-state index contributed by atoms with van der Waals surface area (Å²) in [6.45, 7) is 10.2. The molecule has 46 heavy (non-hydrogen) atoms. The summed E-state index contributed by atoms with van der Waals surface area (Å²) in [6, 6.07) is 9.10. The molecule has 0 bridgehead atoms. The Morgan fingerprint density at radius 2 is 1.48 bits per heavy atom. The lowest BCUT2D eigenvalue weighted by atomic mass is 9.85. The maximum atomic E-state index is 12.8. The molecule has 0 aliphatic carbocycles. The van der Waals surface area contributed by atoms with E-state index in [9.17, 15) is 14.4 Å². The first kappa shape index (κ1) is 39.5. The molecule has 1 aliphatic heterocycles. The zero-order valence-electron chi connectivity index (χ0n) is 29.4. The quantitative estimate of drug-likeness (QED) is 0.0710. The van der Waals surface area contributed by atoms with E-state index in [1.807, 2.05) is 44.2 Å². The summed E-state index contributed by atoms with van der Waals surface area (Å²) in [6.07, 6.45) is 20.2. The normalized spacial score (nSPS) is 17.8. The van der Waals surface area contributed by atoms with Gasteiger partial charge < -0.3 is 24.8 Å². The summed E-state index contributed by atoms with van der Waals surface area (Å²) in [5.41, 5.74) is 0.383. The highest BCUT2D eigenvalue weighted by Crippen LogP contribution is 2.34. The van der Waals surface area contributed by atoms with E-state index >= 15 is 0 Å². The first-order valence-corrected chi connectivity index (χ1v) is 17.8. The minimum absolute atomic E-state index is 0.0170. The Balaban J connectivity index is 1.63. The highest BCUT2D eigenvalue weighted by atomic mass is 16.7. The van der Waals surface area contributed by atoms with Crippen molar-refractivity contribution < 1.29 is 28.6 Å². The van der Waals surface area contributed by atoms with Gasteiger partial charge in [0.15, 0.2) is 5.79 Å². The van der Waals surface area contributed by atoms with E-state index in [2.05, 4.69) is 29.7 Å². The fraction of sp³-hybridized carbons (Fsp3) is 0.711. The van der Waals surface area contributed by atoms with Gasteiger partial charge in [-0.15, -0.1) is 0 Å². The van der Waals surface area contributed by atoms with Crippen LogP contribution in [-0.4, -0.2) is 49.4 Å². The molecule has 1 aliphatic rings. The molecule has 0 spiro atoms. The van der Waals surface area contributed by atoms with Crippen LogP contribution in [0.5, 0.6) is 0 Å². The van der Waals surface area contributed by atoms with Crippen molar-refractivity contribution in [2.24, 2.45) is 5.41 Å². The van der Waals surface area contributed by atoms with E-state index in [4.69, 9.17) is 14.2 Å². The number of carbonyl (C=O) groups is 3. The number of nitrogens with one attached hydrogen (secondary N) is 2. The number of unbranched alkanes of at least 4 members (excludes halogenated alkanes) is 11. The number of amides is 2. The van der Waals surface area contributed by atoms with Crippen LogP contribution in [0.1, 0.15) is 143 Å². The molecule has 0 aromatic heterocycles. The number of hydrogen-bond acceptors (Lipinski definition) is 6. The van der Waals surface area contributed by atoms with Crippen LogP contribution in [0.4, 0.5) is 0 Å². The van der Waals surface area contributed by atoms with Gasteiger partial charge in [-0.25, -0.2) is 0 Å². The second-order valence-electron chi connectivity index (χ2n) is 13.8. The topological polar surface area (TPSA) is 103 Å².